The Labute approximate surface area is 103 Å². The van der Waals surface area contributed by atoms with Crippen molar-refractivity contribution < 1.29 is 27.1 Å². The van der Waals surface area contributed by atoms with Crippen LogP contribution in [0.25, 0.3) is 0 Å². The minimum absolute atomic E-state index is 0.0238. The van der Waals surface area contributed by atoms with Gasteiger partial charge < -0.3 is 4.74 Å². The van der Waals surface area contributed by atoms with E-state index in [2.05, 4.69) is 4.74 Å². The Balaban J connectivity index is 2.41. The largest absolute Gasteiger partial charge is 0.464 e. The molecule has 1 heterocycles. The predicted octanol–water partition coefficient (Wildman–Crippen LogP) is 2.16. The van der Waals surface area contributed by atoms with Crippen molar-refractivity contribution in [1.29, 1.82) is 0 Å². The summed E-state index contributed by atoms with van der Waals surface area (Å²) in [5, 5.41) is 0. The van der Waals surface area contributed by atoms with Crippen LogP contribution in [0.2, 0.25) is 0 Å². The fourth-order valence-electron chi connectivity index (χ4n) is 2.03. The second-order valence-electron chi connectivity index (χ2n) is 4.23. The molecule has 106 valence electrons. The topological polar surface area (TPSA) is 29.5 Å². The Morgan fingerprint density at radius 1 is 1.28 bits per heavy atom. The van der Waals surface area contributed by atoms with E-state index in [0.717, 1.165) is 4.90 Å². The third-order valence-corrected chi connectivity index (χ3v) is 3.06. The molecule has 0 aromatic heterocycles. The van der Waals surface area contributed by atoms with Crippen molar-refractivity contribution in [3.8, 4) is 0 Å². The standard InChI is InChI=1S/C11H17F4NO2/c1-2-18-11(17)8(12)7-3-5-16(6-4-7)10(15)9(13)14/h7-10H,2-6H2,1H3. The van der Waals surface area contributed by atoms with Crippen LogP contribution in [0.3, 0.4) is 0 Å². The van der Waals surface area contributed by atoms with Gasteiger partial charge in [-0.3, -0.25) is 4.90 Å². The van der Waals surface area contributed by atoms with Gasteiger partial charge in [-0.15, -0.1) is 0 Å². The zero-order valence-corrected chi connectivity index (χ0v) is 10.1. The average Bonchev–Trinajstić information content (AvgIpc) is 2.37. The number of nitrogens with zero attached hydrogens (tertiary/aromatic N) is 1. The molecule has 0 spiro atoms. The molecule has 0 aliphatic carbocycles. The minimum Gasteiger partial charge on any atom is -0.464 e. The predicted molar refractivity (Wildman–Crippen MR) is 56.7 cm³/mol. The number of alkyl halides is 4. The summed E-state index contributed by atoms with van der Waals surface area (Å²) in [4.78, 5) is 12.1. The van der Waals surface area contributed by atoms with Crippen LogP contribution < -0.4 is 0 Å². The third-order valence-electron chi connectivity index (χ3n) is 3.06. The SMILES string of the molecule is CCOC(=O)C(F)C1CCN(C(F)C(F)F)CC1. The maximum Gasteiger partial charge on any atom is 0.341 e. The van der Waals surface area contributed by atoms with Gasteiger partial charge in [-0.2, -0.15) is 0 Å². The van der Waals surface area contributed by atoms with Crippen molar-refractivity contribution in [2.75, 3.05) is 19.7 Å². The molecule has 7 heteroatoms. The Morgan fingerprint density at radius 2 is 1.83 bits per heavy atom. The molecule has 1 saturated heterocycles. The molecule has 2 atom stereocenters. The van der Waals surface area contributed by atoms with Crippen molar-refractivity contribution in [3.63, 3.8) is 0 Å². The molecule has 0 amide bonds. The van der Waals surface area contributed by atoms with Gasteiger partial charge in [0.25, 0.3) is 6.43 Å². The van der Waals surface area contributed by atoms with Crippen LogP contribution in [0, 0.1) is 5.92 Å². The number of ether oxygens (including phenoxy) is 1. The average molecular weight is 271 g/mol. The summed E-state index contributed by atoms with van der Waals surface area (Å²) >= 11 is 0. The lowest BCUT2D eigenvalue weighted by Crippen LogP contribution is -2.45. The summed E-state index contributed by atoms with van der Waals surface area (Å²) < 4.78 is 55.4. The van der Waals surface area contributed by atoms with Crippen LogP contribution in [-0.2, 0) is 9.53 Å². The number of halogens is 4. The summed E-state index contributed by atoms with van der Waals surface area (Å²) in [5.74, 6) is -1.51. The zero-order valence-electron chi connectivity index (χ0n) is 10.1. The van der Waals surface area contributed by atoms with E-state index in [1.54, 1.807) is 6.92 Å². The normalized spacial score (nSPS) is 21.9. The number of rotatable bonds is 5. The maximum absolute atomic E-state index is 13.6. The Morgan fingerprint density at radius 3 is 2.28 bits per heavy atom. The molecule has 1 aliphatic heterocycles. The Kier molecular flexibility index (Phi) is 5.84. The summed E-state index contributed by atoms with van der Waals surface area (Å²) in [6.45, 7) is 1.71. The van der Waals surface area contributed by atoms with E-state index in [1.165, 1.54) is 0 Å². The van der Waals surface area contributed by atoms with Crippen LogP contribution in [0.1, 0.15) is 19.8 Å². The van der Waals surface area contributed by atoms with Crippen molar-refractivity contribution in [3.05, 3.63) is 0 Å². The molecule has 0 N–H and O–H groups in total. The van der Waals surface area contributed by atoms with Crippen LogP contribution in [0.5, 0.6) is 0 Å². The number of carbonyl (C=O) groups is 1. The van der Waals surface area contributed by atoms with Crippen LogP contribution in [-0.4, -0.2) is 49.5 Å². The highest BCUT2D eigenvalue weighted by molar-refractivity contribution is 5.74. The highest BCUT2D eigenvalue weighted by Crippen LogP contribution is 2.26. The first-order chi connectivity index (χ1) is 8.47. The number of piperidine rings is 1. The van der Waals surface area contributed by atoms with Gasteiger partial charge in [0.15, 0.2) is 6.17 Å². The van der Waals surface area contributed by atoms with E-state index >= 15 is 0 Å². The van der Waals surface area contributed by atoms with E-state index in [1.807, 2.05) is 0 Å². The summed E-state index contributed by atoms with van der Waals surface area (Å²) in [7, 11) is 0. The molecule has 0 bridgehead atoms. The molecule has 1 fully saturated rings. The number of likely N-dealkylation sites (tertiary alicyclic amines) is 1. The molecule has 0 radical (unpaired) electrons. The number of esters is 1. The van der Waals surface area contributed by atoms with Gasteiger partial charge in [-0.25, -0.2) is 22.4 Å². The monoisotopic (exact) mass is 271 g/mol. The highest BCUT2D eigenvalue weighted by Gasteiger charge is 2.36. The molecule has 18 heavy (non-hydrogen) atoms. The van der Waals surface area contributed by atoms with Crippen molar-refractivity contribution in [2.24, 2.45) is 5.92 Å². The minimum atomic E-state index is -3.06. The first-order valence-corrected chi connectivity index (χ1v) is 5.94. The second-order valence-corrected chi connectivity index (χ2v) is 4.23. The van der Waals surface area contributed by atoms with Crippen molar-refractivity contribution in [2.45, 2.75) is 38.7 Å². The molecule has 0 saturated carbocycles. The molecule has 1 aliphatic rings. The lowest BCUT2D eigenvalue weighted by Gasteiger charge is -2.34. The van der Waals surface area contributed by atoms with E-state index in [9.17, 15) is 22.4 Å². The maximum atomic E-state index is 13.6. The summed E-state index contributed by atoms with van der Waals surface area (Å²) in [5.41, 5.74) is 0. The summed E-state index contributed by atoms with van der Waals surface area (Å²) in [6, 6.07) is 0. The van der Waals surface area contributed by atoms with Gasteiger partial charge in [-0.1, -0.05) is 0 Å². The fourth-order valence-corrected chi connectivity index (χ4v) is 2.03. The van der Waals surface area contributed by atoms with Gasteiger partial charge in [0.1, 0.15) is 0 Å². The molecule has 2 unspecified atom stereocenters. The van der Waals surface area contributed by atoms with E-state index in [-0.39, 0.29) is 32.5 Å². The van der Waals surface area contributed by atoms with Crippen molar-refractivity contribution >= 4 is 5.97 Å². The van der Waals surface area contributed by atoms with Gasteiger partial charge >= 0.3 is 5.97 Å². The first-order valence-electron chi connectivity index (χ1n) is 5.94. The van der Waals surface area contributed by atoms with E-state index < -0.39 is 30.8 Å². The molecule has 0 aromatic carbocycles. The first kappa shape index (κ1) is 15.2. The molecule has 3 nitrogen and oxygen atoms in total. The lowest BCUT2D eigenvalue weighted by molar-refractivity contribution is -0.152. The Hall–Kier alpha value is -0.850. The quantitative estimate of drug-likeness (QED) is 0.436. The zero-order chi connectivity index (χ0) is 13.7. The number of carbonyl (C=O) groups excluding carboxylic acids is 1. The lowest BCUT2D eigenvalue weighted by atomic mass is 9.92. The highest BCUT2D eigenvalue weighted by atomic mass is 19.3. The number of hydrogen-bond acceptors (Lipinski definition) is 3. The second kappa shape index (κ2) is 6.92. The number of hydrogen-bond donors (Lipinski definition) is 0. The Bertz CT molecular complexity index is 270. The van der Waals surface area contributed by atoms with Gasteiger partial charge in [0.2, 0.25) is 6.30 Å². The van der Waals surface area contributed by atoms with Gasteiger partial charge in [0.05, 0.1) is 6.61 Å². The molecule has 1 rings (SSSR count). The van der Waals surface area contributed by atoms with E-state index in [0.29, 0.717) is 0 Å². The molecular formula is C11H17F4NO2. The van der Waals surface area contributed by atoms with Crippen LogP contribution >= 0.6 is 0 Å². The fraction of sp³-hybridized carbons (Fsp3) is 0.909. The molecular weight excluding hydrogens is 254 g/mol. The third kappa shape index (κ3) is 3.83. The summed E-state index contributed by atoms with van der Waals surface area (Å²) in [6.07, 6.45) is -6.78. The molecule has 0 aromatic rings. The van der Waals surface area contributed by atoms with Crippen molar-refractivity contribution in [1.82, 2.24) is 4.90 Å². The smallest absolute Gasteiger partial charge is 0.341 e. The van der Waals surface area contributed by atoms with E-state index in [4.69, 9.17) is 0 Å². The van der Waals surface area contributed by atoms with Crippen LogP contribution in [0.15, 0.2) is 0 Å². The van der Waals surface area contributed by atoms with Gasteiger partial charge in [0, 0.05) is 19.0 Å². The van der Waals surface area contributed by atoms with Gasteiger partial charge in [-0.05, 0) is 19.8 Å². The van der Waals surface area contributed by atoms with Crippen LogP contribution in [0.4, 0.5) is 17.6 Å².